The highest BCUT2D eigenvalue weighted by Gasteiger charge is 2.13. The topological polar surface area (TPSA) is 39.4 Å². The molecule has 0 amide bonds. The van der Waals surface area contributed by atoms with Crippen LogP contribution < -0.4 is 10.4 Å². The molecule has 1 aromatic heterocycles. The minimum absolute atomic E-state index is 0.349. The molecule has 3 aromatic carbocycles. The van der Waals surface area contributed by atoms with Crippen molar-refractivity contribution in [1.82, 2.24) is 0 Å². The number of hydrogen-bond acceptors (Lipinski definition) is 3. The average molecular weight is 377 g/mol. The summed E-state index contributed by atoms with van der Waals surface area (Å²) in [6, 6.07) is 22.6. The van der Waals surface area contributed by atoms with Gasteiger partial charge in [0.15, 0.2) is 0 Å². The van der Waals surface area contributed by atoms with Crippen molar-refractivity contribution in [2.75, 3.05) is 0 Å². The van der Waals surface area contributed by atoms with Crippen molar-refractivity contribution < 1.29 is 9.15 Å². The summed E-state index contributed by atoms with van der Waals surface area (Å²) >= 11 is 6.00. The SMILES string of the molecule is Cc1c(-c2ccccc2)c(=O)oc2cc(OCc3cccc(Cl)c3)ccc12. The maximum absolute atomic E-state index is 12.6. The summed E-state index contributed by atoms with van der Waals surface area (Å²) in [5.41, 5.74) is 3.48. The quantitative estimate of drug-likeness (QED) is 0.410. The monoisotopic (exact) mass is 376 g/mol. The predicted molar refractivity (Wildman–Crippen MR) is 108 cm³/mol. The largest absolute Gasteiger partial charge is 0.489 e. The van der Waals surface area contributed by atoms with Crippen molar-refractivity contribution in [3.05, 3.63) is 99.4 Å². The first-order valence-electron chi connectivity index (χ1n) is 8.62. The van der Waals surface area contributed by atoms with E-state index in [0.29, 0.717) is 28.5 Å². The van der Waals surface area contributed by atoms with Crippen molar-refractivity contribution in [3.8, 4) is 16.9 Å². The van der Waals surface area contributed by atoms with E-state index in [4.69, 9.17) is 20.8 Å². The molecule has 3 nitrogen and oxygen atoms in total. The van der Waals surface area contributed by atoms with Crippen LogP contribution in [0.15, 0.2) is 82.0 Å². The van der Waals surface area contributed by atoms with Gasteiger partial charge in [0.2, 0.25) is 0 Å². The van der Waals surface area contributed by atoms with E-state index in [-0.39, 0.29) is 5.63 Å². The minimum atomic E-state index is -0.349. The number of ether oxygens (including phenoxy) is 1. The van der Waals surface area contributed by atoms with Gasteiger partial charge in [0, 0.05) is 16.5 Å². The number of rotatable bonds is 4. The van der Waals surface area contributed by atoms with Crippen LogP contribution in [0.5, 0.6) is 5.75 Å². The molecule has 0 bridgehead atoms. The van der Waals surface area contributed by atoms with Crippen LogP contribution in [0, 0.1) is 6.92 Å². The molecule has 1 heterocycles. The van der Waals surface area contributed by atoms with Gasteiger partial charge in [-0.3, -0.25) is 0 Å². The minimum Gasteiger partial charge on any atom is -0.489 e. The lowest BCUT2D eigenvalue weighted by atomic mass is 10.00. The molecule has 0 aliphatic heterocycles. The van der Waals surface area contributed by atoms with Crippen LogP contribution in [-0.2, 0) is 6.61 Å². The summed E-state index contributed by atoms with van der Waals surface area (Å²) in [4.78, 5) is 12.6. The van der Waals surface area contributed by atoms with E-state index in [9.17, 15) is 4.79 Å². The summed E-state index contributed by atoms with van der Waals surface area (Å²) in [5, 5.41) is 1.56. The van der Waals surface area contributed by atoms with Gasteiger partial charge in [0.25, 0.3) is 0 Å². The molecule has 0 saturated heterocycles. The van der Waals surface area contributed by atoms with E-state index in [1.807, 2.05) is 73.7 Å². The van der Waals surface area contributed by atoms with E-state index in [1.54, 1.807) is 6.07 Å². The van der Waals surface area contributed by atoms with Crippen molar-refractivity contribution >= 4 is 22.6 Å². The van der Waals surface area contributed by atoms with Crippen LogP contribution >= 0.6 is 11.6 Å². The van der Waals surface area contributed by atoms with Gasteiger partial charge in [-0.2, -0.15) is 0 Å². The first-order chi connectivity index (χ1) is 13.1. The molecule has 0 fully saturated rings. The summed E-state index contributed by atoms with van der Waals surface area (Å²) in [5.74, 6) is 0.637. The Kier molecular flexibility index (Phi) is 4.69. The molecule has 0 saturated carbocycles. The summed E-state index contributed by atoms with van der Waals surface area (Å²) < 4.78 is 11.4. The lowest BCUT2D eigenvalue weighted by molar-refractivity contribution is 0.306. The Morgan fingerprint density at radius 2 is 1.78 bits per heavy atom. The molecule has 0 radical (unpaired) electrons. The second kappa shape index (κ2) is 7.29. The lowest BCUT2D eigenvalue weighted by Crippen LogP contribution is -2.06. The number of fused-ring (bicyclic) bond motifs is 1. The van der Waals surface area contributed by atoms with Crippen molar-refractivity contribution in [2.24, 2.45) is 0 Å². The molecule has 4 heteroatoms. The van der Waals surface area contributed by atoms with Crippen LogP contribution in [0.25, 0.3) is 22.1 Å². The van der Waals surface area contributed by atoms with Gasteiger partial charge in [-0.15, -0.1) is 0 Å². The van der Waals surface area contributed by atoms with Gasteiger partial charge in [-0.1, -0.05) is 54.1 Å². The summed E-state index contributed by atoms with van der Waals surface area (Å²) in [6.07, 6.45) is 0. The first-order valence-corrected chi connectivity index (χ1v) is 9.00. The van der Waals surface area contributed by atoms with Gasteiger partial charge in [0.1, 0.15) is 17.9 Å². The molecule has 27 heavy (non-hydrogen) atoms. The van der Waals surface area contributed by atoms with E-state index in [2.05, 4.69) is 0 Å². The van der Waals surface area contributed by atoms with Gasteiger partial charge < -0.3 is 9.15 Å². The number of benzene rings is 3. The molecule has 4 aromatic rings. The molecule has 0 spiro atoms. The zero-order valence-corrected chi connectivity index (χ0v) is 15.5. The highest BCUT2D eigenvalue weighted by atomic mass is 35.5. The van der Waals surface area contributed by atoms with Crippen molar-refractivity contribution in [1.29, 1.82) is 0 Å². The molecule has 0 unspecified atom stereocenters. The third-order valence-electron chi connectivity index (χ3n) is 4.50. The fraction of sp³-hybridized carbons (Fsp3) is 0.0870. The molecule has 0 aliphatic carbocycles. The lowest BCUT2D eigenvalue weighted by Gasteiger charge is -2.10. The van der Waals surface area contributed by atoms with E-state index in [0.717, 1.165) is 22.1 Å². The van der Waals surface area contributed by atoms with Crippen LogP contribution in [0.4, 0.5) is 0 Å². The Morgan fingerprint density at radius 3 is 2.56 bits per heavy atom. The molecular weight excluding hydrogens is 360 g/mol. The zero-order valence-electron chi connectivity index (χ0n) is 14.7. The Bertz CT molecular complexity index is 1160. The van der Waals surface area contributed by atoms with Gasteiger partial charge in [-0.05, 0) is 47.9 Å². The summed E-state index contributed by atoms with van der Waals surface area (Å²) in [6.45, 7) is 2.32. The Morgan fingerprint density at radius 1 is 0.963 bits per heavy atom. The van der Waals surface area contributed by atoms with E-state index < -0.39 is 0 Å². The maximum atomic E-state index is 12.6. The molecule has 0 atom stereocenters. The summed E-state index contributed by atoms with van der Waals surface area (Å²) in [7, 11) is 0. The van der Waals surface area contributed by atoms with E-state index >= 15 is 0 Å². The van der Waals surface area contributed by atoms with Crippen molar-refractivity contribution in [3.63, 3.8) is 0 Å². The Labute approximate surface area is 161 Å². The third kappa shape index (κ3) is 3.60. The molecule has 0 N–H and O–H groups in total. The highest BCUT2D eigenvalue weighted by molar-refractivity contribution is 6.30. The highest BCUT2D eigenvalue weighted by Crippen LogP contribution is 2.29. The zero-order chi connectivity index (χ0) is 18.8. The maximum Gasteiger partial charge on any atom is 0.344 e. The number of aryl methyl sites for hydroxylation is 1. The van der Waals surface area contributed by atoms with Gasteiger partial charge in [-0.25, -0.2) is 4.79 Å². The third-order valence-corrected chi connectivity index (χ3v) is 4.73. The first kappa shape index (κ1) is 17.4. The van der Waals surface area contributed by atoms with Crippen LogP contribution in [-0.4, -0.2) is 0 Å². The molecule has 4 rings (SSSR count). The molecule has 134 valence electrons. The average Bonchev–Trinajstić information content (AvgIpc) is 2.67. The number of halogens is 1. The smallest absolute Gasteiger partial charge is 0.344 e. The van der Waals surface area contributed by atoms with Gasteiger partial charge in [0.05, 0.1) is 5.56 Å². The second-order valence-corrected chi connectivity index (χ2v) is 6.77. The predicted octanol–water partition coefficient (Wildman–Crippen LogP) is 6.00. The molecular formula is C23H17ClO3. The number of hydrogen-bond donors (Lipinski definition) is 0. The fourth-order valence-electron chi connectivity index (χ4n) is 3.16. The normalized spacial score (nSPS) is 10.9. The van der Waals surface area contributed by atoms with Crippen LogP contribution in [0.3, 0.4) is 0 Å². The Balaban J connectivity index is 1.68. The van der Waals surface area contributed by atoms with E-state index in [1.165, 1.54) is 0 Å². The Hall–Kier alpha value is -3.04. The standard InChI is InChI=1S/C23H17ClO3/c1-15-20-11-10-19(26-14-16-6-5-9-18(24)12-16)13-21(20)27-23(25)22(15)17-7-3-2-4-8-17/h2-13H,14H2,1H3. The van der Waals surface area contributed by atoms with Crippen molar-refractivity contribution in [2.45, 2.75) is 13.5 Å². The second-order valence-electron chi connectivity index (χ2n) is 6.33. The van der Waals surface area contributed by atoms with Gasteiger partial charge >= 0.3 is 5.63 Å². The van der Waals surface area contributed by atoms with Crippen LogP contribution in [0.1, 0.15) is 11.1 Å². The molecule has 0 aliphatic rings. The fourth-order valence-corrected chi connectivity index (χ4v) is 3.37. The van der Waals surface area contributed by atoms with Crippen LogP contribution in [0.2, 0.25) is 5.02 Å².